The smallest absolute Gasteiger partial charge is 0.169 e. The molecule has 0 aliphatic carbocycles. The van der Waals surface area contributed by atoms with E-state index >= 15 is 0 Å². The summed E-state index contributed by atoms with van der Waals surface area (Å²) in [6.07, 6.45) is -0.297. The molecule has 0 saturated heterocycles. The summed E-state index contributed by atoms with van der Waals surface area (Å²) in [5, 5.41) is -0.528. The molecule has 0 aliphatic heterocycles. The Kier molecular flexibility index (Phi) is 4.96. The first kappa shape index (κ1) is 20.3. The monoisotopic (exact) mass is 418 g/mol. The van der Waals surface area contributed by atoms with Crippen LogP contribution in [0.15, 0.2) is 36.4 Å². The first-order valence-corrected chi connectivity index (χ1v) is 9.32. The molecule has 0 saturated carbocycles. The van der Waals surface area contributed by atoms with Gasteiger partial charge in [0.1, 0.15) is 11.6 Å². The van der Waals surface area contributed by atoms with Gasteiger partial charge in [-0.25, -0.2) is 26.3 Å². The normalized spacial score (nSPS) is 11.6. The van der Waals surface area contributed by atoms with Gasteiger partial charge in [0, 0.05) is 0 Å². The van der Waals surface area contributed by atoms with Gasteiger partial charge >= 0.3 is 0 Å². The number of aryl methyl sites for hydroxylation is 4. The third kappa shape index (κ3) is 3.11. The molecule has 0 radical (unpaired) electrons. The molecule has 0 nitrogen and oxygen atoms in total. The van der Waals surface area contributed by atoms with Gasteiger partial charge in [-0.15, -0.1) is 0 Å². The Bertz CT molecular complexity index is 1220. The van der Waals surface area contributed by atoms with Gasteiger partial charge in [0.25, 0.3) is 0 Å². The molecule has 6 heteroatoms. The summed E-state index contributed by atoms with van der Waals surface area (Å²) in [6.45, 7) is 2.89. The molecular weight excluding hydrogens is 402 g/mol. The fourth-order valence-electron chi connectivity index (χ4n) is 3.71. The fourth-order valence-corrected chi connectivity index (χ4v) is 3.71. The Morgan fingerprint density at radius 3 is 1.23 bits per heavy atom. The number of hydrogen-bond acceptors (Lipinski definition) is 0. The van der Waals surface area contributed by atoms with E-state index in [4.69, 9.17) is 0 Å². The van der Waals surface area contributed by atoms with Gasteiger partial charge < -0.3 is 0 Å². The minimum Gasteiger partial charge on any atom is -0.206 e. The summed E-state index contributed by atoms with van der Waals surface area (Å²) in [7, 11) is 0. The van der Waals surface area contributed by atoms with Crippen molar-refractivity contribution in [2.75, 3.05) is 0 Å². The Morgan fingerprint density at radius 2 is 0.867 bits per heavy atom. The molecule has 0 unspecified atom stereocenters. The van der Waals surface area contributed by atoms with Crippen LogP contribution in [0.25, 0.3) is 21.5 Å². The lowest BCUT2D eigenvalue weighted by Crippen LogP contribution is -2.04. The molecule has 0 N–H and O–H groups in total. The summed E-state index contributed by atoms with van der Waals surface area (Å²) in [6, 6.07) is 8.45. The molecule has 0 amide bonds. The molecular formula is C24H16F6. The van der Waals surface area contributed by atoms with Gasteiger partial charge in [-0.05, 0) is 71.8 Å². The average Bonchev–Trinajstić information content (AvgIpc) is 2.72. The second-order valence-corrected chi connectivity index (χ2v) is 7.42. The van der Waals surface area contributed by atoms with E-state index in [0.717, 1.165) is 0 Å². The van der Waals surface area contributed by atoms with E-state index in [9.17, 15) is 26.3 Å². The molecule has 30 heavy (non-hydrogen) atoms. The third-order valence-corrected chi connectivity index (χ3v) is 5.45. The third-order valence-electron chi connectivity index (χ3n) is 5.45. The largest absolute Gasteiger partial charge is 0.206 e. The zero-order valence-electron chi connectivity index (χ0n) is 16.1. The summed E-state index contributed by atoms with van der Waals surface area (Å²) in [5.41, 5.74) is 0.200. The van der Waals surface area contributed by atoms with Crippen LogP contribution < -0.4 is 0 Å². The first-order chi connectivity index (χ1) is 14.2. The van der Waals surface area contributed by atoms with E-state index < -0.39 is 45.7 Å². The van der Waals surface area contributed by atoms with Crippen molar-refractivity contribution in [3.63, 3.8) is 0 Å². The quantitative estimate of drug-likeness (QED) is 0.308. The second-order valence-electron chi connectivity index (χ2n) is 7.42. The Labute approximate surface area is 168 Å². The highest BCUT2D eigenvalue weighted by Gasteiger charge is 2.20. The zero-order chi connectivity index (χ0) is 21.7. The second kappa shape index (κ2) is 7.35. The summed E-state index contributed by atoms with van der Waals surface area (Å²) in [5.74, 6) is -6.76. The van der Waals surface area contributed by atoms with E-state index in [1.54, 1.807) is 0 Å². The maximum absolute atomic E-state index is 14.5. The maximum atomic E-state index is 14.5. The number of rotatable bonds is 3. The van der Waals surface area contributed by atoms with Crippen LogP contribution in [-0.2, 0) is 12.8 Å². The van der Waals surface area contributed by atoms with Gasteiger partial charge in [0.15, 0.2) is 23.3 Å². The van der Waals surface area contributed by atoms with Crippen molar-refractivity contribution in [1.29, 1.82) is 0 Å². The van der Waals surface area contributed by atoms with Gasteiger partial charge in [-0.2, -0.15) is 0 Å². The van der Waals surface area contributed by atoms with Crippen molar-refractivity contribution >= 4 is 21.5 Å². The molecule has 0 aromatic heterocycles. The van der Waals surface area contributed by atoms with Gasteiger partial charge in [0.05, 0.1) is 10.8 Å². The van der Waals surface area contributed by atoms with Crippen molar-refractivity contribution in [3.8, 4) is 0 Å². The molecule has 154 valence electrons. The minimum absolute atomic E-state index is 0.0850. The molecule has 0 spiro atoms. The fraction of sp³-hybridized carbons (Fsp3) is 0.167. The van der Waals surface area contributed by atoms with Crippen LogP contribution in [0.5, 0.6) is 0 Å². The van der Waals surface area contributed by atoms with Crippen LogP contribution in [0, 0.1) is 48.8 Å². The molecule has 0 aliphatic rings. The van der Waals surface area contributed by atoms with Crippen molar-refractivity contribution in [3.05, 3.63) is 93.6 Å². The van der Waals surface area contributed by atoms with E-state index in [1.807, 2.05) is 0 Å². The van der Waals surface area contributed by atoms with Crippen molar-refractivity contribution in [2.24, 2.45) is 0 Å². The maximum Gasteiger partial charge on any atom is 0.169 e. The lowest BCUT2D eigenvalue weighted by atomic mass is 9.96. The van der Waals surface area contributed by atoms with E-state index in [2.05, 4.69) is 0 Å². The van der Waals surface area contributed by atoms with E-state index in [1.165, 1.54) is 50.2 Å². The van der Waals surface area contributed by atoms with Crippen molar-refractivity contribution in [1.82, 2.24) is 0 Å². The molecule has 4 rings (SSSR count). The minimum atomic E-state index is -1.31. The van der Waals surface area contributed by atoms with Crippen molar-refractivity contribution in [2.45, 2.75) is 26.7 Å². The Morgan fingerprint density at radius 1 is 0.500 bits per heavy atom. The molecule has 0 fully saturated rings. The average molecular weight is 418 g/mol. The van der Waals surface area contributed by atoms with Gasteiger partial charge in [0.2, 0.25) is 0 Å². The Balaban J connectivity index is 1.75. The first-order valence-electron chi connectivity index (χ1n) is 9.32. The predicted octanol–water partition coefficient (Wildman–Crippen LogP) is 7.23. The zero-order valence-corrected chi connectivity index (χ0v) is 16.1. The predicted molar refractivity (Wildman–Crippen MR) is 105 cm³/mol. The molecule has 4 aromatic rings. The van der Waals surface area contributed by atoms with Crippen molar-refractivity contribution < 1.29 is 26.3 Å². The highest BCUT2D eigenvalue weighted by Crippen LogP contribution is 2.31. The highest BCUT2D eigenvalue weighted by molar-refractivity contribution is 5.86. The van der Waals surface area contributed by atoms with Gasteiger partial charge in [-0.1, -0.05) is 24.3 Å². The number of hydrogen-bond donors (Lipinski definition) is 0. The number of fused-ring (bicyclic) bond motifs is 2. The standard InChI is InChI=1S/C24H16F6/c1-11-3-5-13-9-15(21(27)23(29)17(13)19(11)25)7-8-16-10-14-6-4-12(2)20(26)18(14)24(30)22(16)28/h3-6,9-10H,7-8H2,1-2H3. The number of halogens is 6. The van der Waals surface area contributed by atoms with Crippen LogP contribution in [0.2, 0.25) is 0 Å². The summed E-state index contributed by atoms with van der Waals surface area (Å²) < 4.78 is 86.4. The summed E-state index contributed by atoms with van der Waals surface area (Å²) >= 11 is 0. The van der Waals surface area contributed by atoms with E-state index in [0.29, 0.717) is 0 Å². The van der Waals surface area contributed by atoms with Crippen LogP contribution in [-0.4, -0.2) is 0 Å². The molecule has 0 heterocycles. The summed E-state index contributed by atoms with van der Waals surface area (Å²) in [4.78, 5) is 0. The van der Waals surface area contributed by atoms with Crippen LogP contribution >= 0.6 is 0 Å². The Hall–Kier alpha value is -3.02. The van der Waals surface area contributed by atoms with Crippen LogP contribution in [0.4, 0.5) is 26.3 Å². The molecule has 0 atom stereocenters. The highest BCUT2D eigenvalue weighted by atomic mass is 19.2. The van der Waals surface area contributed by atoms with Crippen LogP contribution in [0.1, 0.15) is 22.3 Å². The molecule has 4 aromatic carbocycles. The lowest BCUT2D eigenvalue weighted by Gasteiger charge is -2.12. The lowest BCUT2D eigenvalue weighted by molar-refractivity contribution is 0.494. The van der Waals surface area contributed by atoms with E-state index in [-0.39, 0.29) is 45.9 Å². The molecule has 0 bridgehead atoms. The van der Waals surface area contributed by atoms with Gasteiger partial charge in [-0.3, -0.25) is 0 Å². The SMILES string of the molecule is Cc1ccc2cc(CCc3cc4ccc(C)c(F)c4c(F)c3F)c(F)c(F)c2c1F. The van der Waals surface area contributed by atoms with Crippen LogP contribution in [0.3, 0.4) is 0 Å². The number of benzene rings is 4. The topological polar surface area (TPSA) is 0 Å².